The minimum absolute atomic E-state index is 0.286. The highest BCUT2D eigenvalue weighted by Gasteiger charge is 2.40. The summed E-state index contributed by atoms with van der Waals surface area (Å²) in [5.41, 5.74) is 0.777. The van der Waals surface area contributed by atoms with Gasteiger partial charge >= 0.3 is 5.97 Å². The SMILES string of the molecule is CSCC[C@H](C(=O)O)N1C(=O)/C(=C\c2cccnc2)SC1=S. The smallest absolute Gasteiger partial charge is 0.326 e. The van der Waals surface area contributed by atoms with Crippen molar-refractivity contribution in [1.82, 2.24) is 9.88 Å². The summed E-state index contributed by atoms with van der Waals surface area (Å²) in [4.78, 5) is 29.6. The van der Waals surface area contributed by atoms with Crippen LogP contribution in [0.4, 0.5) is 0 Å². The lowest BCUT2D eigenvalue weighted by molar-refractivity contribution is -0.145. The minimum atomic E-state index is -1.03. The summed E-state index contributed by atoms with van der Waals surface area (Å²) < 4.78 is 0.286. The Balaban J connectivity index is 2.24. The fraction of sp³-hybridized carbons (Fsp3) is 0.286. The molecule has 1 aromatic rings. The summed E-state index contributed by atoms with van der Waals surface area (Å²) in [6.07, 6.45) is 7.22. The molecule has 22 heavy (non-hydrogen) atoms. The van der Waals surface area contributed by atoms with Crippen molar-refractivity contribution in [3.05, 3.63) is 35.0 Å². The van der Waals surface area contributed by atoms with Gasteiger partial charge in [-0.1, -0.05) is 30.0 Å². The van der Waals surface area contributed by atoms with Gasteiger partial charge in [0.15, 0.2) is 0 Å². The molecule has 1 aromatic heterocycles. The lowest BCUT2D eigenvalue weighted by Crippen LogP contribution is -2.44. The Bertz CT molecular complexity index is 619. The molecule has 0 saturated carbocycles. The quantitative estimate of drug-likeness (QED) is 0.621. The van der Waals surface area contributed by atoms with Crippen LogP contribution in [0.5, 0.6) is 0 Å². The van der Waals surface area contributed by atoms with Crippen LogP contribution in [0.3, 0.4) is 0 Å². The van der Waals surface area contributed by atoms with Gasteiger partial charge in [-0.25, -0.2) is 4.79 Å². The van der Waals surface area contributed by atoms with Crippen molar-refractivity contribution >= 4 is 58.0 Å². The molecule has 1 atom stereocenters. The number of thiocarbonyl (C=S) groups is 1. The zero-order chi connectivity index (χ0) is 16.1. The molecule has 1 aliphatic rings. The van der Waals surface area contributed by atoms with Gasteiger partial charge in [-0.2, -0.15) is 11.8 Å². The number of nitrogens with zero attached hydrogens (tertiary/aromatic N) is 2. The van der Waals surface area contributed by atoms with Gasteiger partial charge in [0.25, 0.3) is 5.91 Å². The predicted molar refractivity (Wildman–Crippen MR) is 93.7 cm³/mol. The van der Waals surface area contributed by atoms with E-state index in [1.54, 1.807) is 24.5 Å². The van der Waals surface area contributed by atoms with Crippen molar-refractivity contribution < 1.29 is 14.7 Å². The highest BCUT2D eigenvalue weighted by molar-refractivity contribution is 8.26. The maximum atomic E-state index is 12.5. The molecule has 1 amide bonds. The molecule has 1 N–H and O–H groups in total. The van der Waals surface area contributed by atoms with E-state index in [1.807, 2.05) is 12.3 Å². The van der Waals surface area contributed by atoms with E-state index < -0.39 is 12.0 Å². The van der Waals surface area contributed by atoms with E-state index in [2.05, 4.69) is 4.98 Å². The lowest BCUT2D eigenvalue weighted by Gasteiger charge is -2.22. The van der Waals surface area contributed by atoms with E-state index in [9.17, 15) is 14.7 Å². The van der Waals surface area contributed by atoms with Gasteiger partial charge in [0.1, 0.15) is 10.4 Å². The van der Waals surface area contributed by atoms with Gasteiger partial charge in [0, 0.05) is 12.4 Å². The van der Waals surface area contributed by atoms with Crippen molar-refractivity contribution in [3.63, 3.8) is 0 Å². The second-order valence-corrected chi connectivity index (χ2v) is 7.13. The number of thioether (sulfide) groups is 2. The molecule has 8 heteroatoms. The highest BCUT2D eigenvalue weighted by atomic mass is 32.2. The Morgan fingerprint density at radius 2 is 2.41 bits per heavy atom. The van der Waals surface area contributed by atoms with Gasteiger partial charge < -0.3 is 5.11 Å². The largest absolute Gasteiger partial charge is 0.480 e. The number of aromatic nitrogens is 1. The second-order valence-electron chi connectivity index (χ2n) is 4.47. The van der Waals surface area contributed by atoms with Gasteiger partial charge in [-0.15, -0.1) is 0 Å². The Kier molecular flexibility index (Phi) is 5.98. The Morgan fingerprint density at radius 1 is 1.64 bits per heavy atom. The van der Waals surface area contributed by atoms with E-state index in [0.717, 1.165) is 17.3 Å². The number of aliphatic carboxylic acids is 1. The summed E-state index contributed by atoms with van der Waals surface area (Å²) in [6, 6.07) is 2.67. The number of amides is 1. The number of pyridine rings is 1. The van der Waals surface area contributed by atoms with Crippen LogP contribution in [0.2, 0.25) is 0 Å². The Hall–Kier alpha value is -1.38. The number of rotatable bonds is 6. The molecule has 0 aromatic carbocycles. The van der Waals surface area contributed by atoms with Crippen LogP contribution >= 0.6 is 35.7 Å². The number of hydrogen-bond donors (Lipinski definition) is 1. The van der Waals surface area contributed by atoms with Crippen LogP contribution in [-0.4, -0.2) is 49.2 Å². The maximum Gasteiger partial charge on any atom is 0.326 e. The monoisotopic (exact) mass is 354 g/mol. The number of carboxylic acids is 1. The molecule has 2 heterocycles. The van der Waals surface area contributed by atoms with Crippen LogP contribution in [0.1, 0.15) is 12.0 Å². The molecular weight excluding hydrogens is 340 g/mol. The first-order valence-corrected chi connectivity index (χ1v) is 9.05. The molecule has 2 rings (SSSR count). The molecule has 0 radical (unpaired) electrons. The van der Waals surface area contributed by atoms with Gasteiger partial charge in [-0.3, -0.25) is 14.7 Å². The van der Waals surface area contributed by atoms with Gasteiger partial charge in [-0.05, 0) is 36.1 Å². The Labute approximate surface area is 142 Å². The average Bonchev–Trinajstić information content (AvgIpc) is 2.76. The molecular formula is C14H14N2O3S3. The van der Waals surface area contributed by atoms with Crippen LogP contribution in [0.25, 0.3) is 6.08 Å². The first-order valence-electron chi connectivity index (χ1n) is 6.43. The number of carbonyl (C=O) groups is 2. The summed E-state index contributed by atoms with van der Waals surface area (Å²) in [7, 11) is 0. The summed E-state index contributed by atoms with van der Waals surface area (Å²) in [6.45, 7) is 0. The van der Waals surface area contributed by atoms with Gasteiger partial charge in [0.2, 0.25) is 0 Å². The first kappa shape index (κ1) is 17.0. The fourth-order valence-electron chi connectivity index (χ4n) is 1.95. The van der Waals surface area contributed by atoms with Gasteiger partial charge in [0.05, 0.1) is 4.91 Å². The normalized spacial score (nSPS) is 18.0. The fourth-order valence-corrected chi connectivity index (χ4v) is 3.77. The lowest BCUT2D eigenvalue weighted by atomic mass is 10.2. The zero-order valence-corrected chi connectivity index (χ0v) is 14.2. The van der Waals surface area contributed by atoms with Crippen molar-refractivity contribution in [3.8, 4) is 0 Å². The molecule has 1 aliphatic heterocycles. The van der Waals surface area contributed by atoms with Crippen LogP contribution in [0.15, 0.2) is 29.4 Å². The summed E-state index contributed by atoms with van der Waals surface area (Å²) in [5.74, 6) is -0.740. The maximum absolute atomic E-state index is 12.5. The molecule has 0 bridgehead atoms. The van der Waals surface area contributed by atoms with Crippen molar-refractivity contribution in [2.24, 2.45) is 0 Å². The van der Waals surface area contributed by atoms with E-state index in [-0.39, 0.29) is 10.2 Å². The molecule has 0 unspecified atom stereocenters. The predicted octanol–water partition coefficient (Wildman–Crippen LogP) is 2.49. The van der Waals surface area contributed by atoms with Crippen molar-refractivity contribution in [2.75, 3.05) is 12.0 Å². The van der Waals surface area contributed by atoms with E-state index in [1.165, 1.54) is 16.7 Å². The molecule has 5 nitrogen and oxygen atoms in total. The standard InChI is InChI=1S/C14H14N2O3S3/c1-21-6-4-10(13(18)19)16-12(17)11(22-14(16)20)7-9-3-2-5-15-8-9/h2-3,5,7-8,10H,4,6H2,1H3,(H,18,19)/b11-7+/t10-/m1/s1. The molecule has 116 valence electrons. The summed E-state index contributed by atoms with van der Waals surface area (Å²) in [5, 5.41) is 9.37. The van der Waals surface area contributed by atoms with Crippen molar-refractivity contribution in [2.45, 2.75) is 12.5 Å². The third kappa shape index (κ3) is 3.88. The van der Waals surface area contributed by atoms with E-state index >= 15 is 0 Å². The van der Waals surface area contributed by atoms with Crippen LogP contribution in [0, 0.1) is 0 Å². The Morgan fingerprint density at radius 3 is 3.00 bits per heavy atom. The zero-order valence-electron chi connectivity index (χ0n) is 11.8. The van der Waals surface area contributed by atoms with Crippen LogP contribution < -0.4 is 0 Å². The average molecular weight is 354 g/mol. The summed E-state index contributed by atoms with van der Waals surface area (Å²) >= 11 is 7.86. The molecule has 1 saturated heterocycles. The third-order valence-electron chi connectivity index (χ3n) is 3.00. The molecule has 0 spiro atoms. The molecule has 1 fully saturated rings. The van der Waals surface area contributed by atoms with Crippen LogP contribution in [-0.2, 0) is 9.59 Å². The highest BCUT2D eigenvalue weighted by Crippen LogP contribution is 2.34. The van der Waals surface area contributed by atoms with Crippen molar-refractivity contribution in [1.29, 1.82) is 0 Å². The minimum Gasteiger partial charge on any atom is -0.480 e. The first-order chi connectivity index (χ1) is 10.5. The second kappa shape index (κ2) is 7.75. The van der Waals surface area contributed by atoms with E-state index in [0.29, 0.717) is 17.1 Å². The number of carbonyl (C=O) groups excluding carboxylic acids is 1. The number of carboxylic acid groups (broad SMARTS) is 1. The van der Waals surface area contributed by atoms with E-state index in [4.69, 9.17) is 12.2 Å². The number of hydrogen-bond acceptors (Lipinski definition) is 6. The topological polar surface area (TPSA) is 70.5 Å². The third-order valence-corrected chi connectivity index (χ3v) is 4.97. The molecule has 0 aliphatic carbocycles.